The molecule has 0 aromatic rings. The van der Waals surface area contributed by atoms with E-state index in [4.69, 9.17) is 9.47 Å². The number of hydrogen-bond donors (Lipinski definition) is 1. The number of fused-ring (bicyclic) bond motifs is 3. The molecule has 0 saturated carbocycles. The van der Waals surface area contributed by atoms with E-state index in [1.54, 1.807) is 4.90 Å². The average Bonchev–Trinajstić information content (AvgIpc) is 2.36. The monoisotopic (exact) mass is 270 g/mol. The maximum atomic E-state index is 12.3. The molecule has 1 N–H and O–H groups in total. The normalized spacial score (nSPS) is 30.1. The Morgan fingerprint density at radius 1 is 1.26 bits per heavy atom. The molecule has 3 atom stereocenters. The average molecular weight is 270 g/mol. The van der Waals surface area contributed by atoms with E-state index in [1.165, 1.54) is 7.11 Å². The van der Waals surface area contributed by atoms with E-state index in [0.717, 1.165) is 12.8 Å². The molecule has 6 nitrogen and oxygen atoms in total. The number of nitrogens with zero attached hydrogens (tertiary/aromatic N) is 1. The maximum absolute atomic E-state index is 12.3. The number of amides is 1. The zero-order valence-corrected chi connectivity index (χ0v) is 11.9. The molecule has 1 amide bonds. The smallest absolute Gasteiger partial charge is 0.411 e. The SMILES string of the molecule is COC(=O)C1C2CCC(CN2)N1C(=O)OC(C)(C)C. The van der Waals surface area contributed by atoms with E-state index in [0.29, 0.717) is 6.54 Å². The number of piperazine rings is 1. The number of hydrogen-bond acceptors (Lipinski definition) is 5. The van der Waals surface area contributed by atoms with Gasteiger partial charge in [-0.25, -0.2) is 9.59 Å². The number of carbonyl (C=O) groups excluding carboxylic acids is 2. The lowest BCUT2D eigenvalue weighted by atomic mass is 9.86. The summed E-state index contributed by atoms with van der Waals surface area (Å²) in [5.74, 6) is -0.382. The largest absolute Gasteiger partial charge is 0.467 e. The van der Waals surface area contributed by atoms with Crippen molar-refractivity contribution in [1.82, 2.24) is 10.2 Å². The van der Waals surface area contributed by atoms with Gasteiger partial charge in [-0.15, -0.1) is 0 Å². The van der Waals surface area contributed by atoms with Crippen molar-refractivity contribution in [2.24, 2.45) is 0 Å². The fourth-order valence-corrected chi connectivity index (χ4v) is 2.77. The maximum Gasteiger partial charge on any atom is 0.411 e. The number of ether oxygens (including phenoxy) is 2. The van der Waals surface area contributed by atoms with Crippen LogP contribution in [0.5, 0.6) is 0 Å². The molecule has 0 aromatic carbocycles. The van der Waals surface area contributed by atoms with Crippen molar-refractivity contribution in [1.29, 1.82) is 0 Å². The first-order chi connectivity index (χ1) is 8.83. The summed E-state index contributed by atoms with van der Waals surface area (Å²) < 4.78 is 10.2. The van der Waals surface area contributed by atoms with Crippen molar-refractivity contribution in [2.75, 3.05) is 13.7 Å². The molecule has 2 bridgehead atoms. The van der Waals surface area contributed by atoms with Crippen molar-refractivity contribution in [3.63, 3.8) is 0 Å². The molecule has 0 aliphatic carbocycles. The van der Waals surface area contributed by atoms with Crippen LogP contribution < -0.4 is 5.32 Å². The molecule has 0 spiro atoms. The molecular weight excluding hydrogens is 248 g/mol. The summed E-state index contributed by atoms with van der Waals surface area (Å²) in [6.07, 6.45) is 1.34. The highest BCUT2D eigenvalue weighted by atomic mass is 16.6. The molecule has 3 aliphatic heterocycles. The Bertz CT molecular complexity index is 369. The number of esters is 1. The second-order valence-electron chi connectivity index (χ2n) is 6.10. The second kappa shape index (κ2) is 5.00. The Kier molecular flexibility index (Phi) is 3.71. The number of rotatable bonds is 1. The number of methoxy groups -OCH3 is 1. The van der Waals surface area contributed by atoms with Gasteiger partial charge in [0.15, 0.2) is 0 Å². The van der Waals surface area contributed by atoms with E-state index in [-0.39, 0.29) is 18.1 Å². The lowest BCUT2D eigenvalue weighted by molar-refractivity contribution is -0.153. The van der Waals surface area contributed by atoms with Crippen molar-refractivity contribution in [2.45, 2.75) is 57.3 Å². The summed E-state index contributed by atoms with van der Waals surface area (Å²) in [6.45, 7) is 6.16. The van der Waals surface area contributed by atoms with Gasteiger partial charge in [0.1, 0.15) is 11.6 Å². The summed E-state index contributed by atoms with van der Waals surface area (Å²) in [4.78, 5) is 25.8. The molecule has 3 unspecified atom stereocenters. The molecule has 3 aliphatic rings. The van der Waals surface area contributed by atoms with Gasteiger partial charge in [0.25, 0.3) is 0 Å². The van der Waals surface area contributed by atoms with Gasteiger partial charge in [0.2, 0.25) is 0 Å². The molecule has 3 saturated heterocycles. The molecule has 108 valence electrons. The van der Waals surface area contributed by atoms with Crippen LogP contribution in [0.25, 0.3) is 0 Å². The summed E-state index contributed by atoms with van der Waals surface area (Å²) in [5, 5.41) is 3.28. The lowest BCUT2D eigenvalue weighted by Crippen LogP contribution is -2.70. The first-order valence-electron chi connectivity index (χ1n) is 6.66. The van der Waals surface area contributed by atoms with Crippen molar-refractivity contribution >= 4 is 12.1 Å². The van der Waals surface area contributed by atoms with Crippen molar-refractivity contribution < 1.29 is 19.1 Å². The quantitative estimate of drug-likeness (QED) is 0.717. The Morgan fingerprint density at radius 2 is 1.95 bits per heavy atom. The van der Waals surface area contributed by atoms with Crippen LogP contribution in [0.15, 0.2) is 0 Å². The minimum Gasteiger partial charge on any atom is -0.467 e. The third kappa shape index (κ3) is 2.83. The summed E-state index contributed by atoms with van der Waals surface area (Å²) in [7, 11) is 1.35. The fraction of sp³-hybridized carbons (Fsp3) is 0.846. The Labute approximate surface area is 113 Å². The Morgan fingerprint density at radius 3 is 2.42 bits per heavy atom. The predicted molar refractivity (Wildman–Crippen MR) is 68.7 cm³/mol. The van der Waals surface area contributed by atoms with Gasteiger partial charge in [0, 0.05) is 18.6 Å². The third-order valence-electron chi connectivity index (χ3n) is 3.55. The fourth-order valence-electron chi connectivity index (χ4n) is 2.77. The van der Waals surface area contributed by atoms with Gasteiger partial charge in [-0.1, -0.05) is 0 Å². The van der Waals surface area contributed by atoms with Crippen molar-refractivity contribution in [3.8, 4) is 0 Å². The van der Waals surface area contributed by atoms with Gasteiger partial charge in [-0.05, 0) is 33.6 Å². The molecule has 19 heavy (non-hydrogen) atoms. The van der Waals surface area contributed by atoms with Gasteiger partial charge < -0.3 is 14.8 Å². The van der Waals surface area contributed by atoms with Crippen LogP contribution >= 0.6 is 0 Å². The zero-order valence-electron chi connectivity index (χ0n) is 11.9. The lowest BCUT2D eigenvalue weighted by Gasteiger charge is -2.50. The van der Waals surface area contributed by atoms with Crippen LogP contribution in [0.2, 0.25) is 0 Å². The van der Waals surface area contributed by atoms with Crippen LogP contribution in [0.3, 0.4) is 0 Å². The van der Waals surface area contributed by atoms with Gasteiger partial charge in [-0.3, -0.25) is 4.90 Å². The Balaban J connectivity index is 2.19. The van der Waals surface area contributed by atoms with Gasteiger partial charge in [0.05, 0.1) is 7.11 Å². The first-order valence-corrected chi connectivity index (χ1v) is 6.66. The van der Waals surface area contributed by atoms with Crippen LogP contribution in [-0.4, -0.2) is 54.3 Å². The van der Waals surface area contributed by atoms with Crippen molar-refractivity contribution in [3.05, 3.63) is 0 Å². The highest BCUT2D eigenvalue weighted by Crippen LogP contribution is 2.30. The van der Waals surface area contributed by atoms with Crippen LogP contribution in [0.4, 0.5) is 4.79 Å². The molecular formula is C13H22N2O4. The number of carbonyl (C=O) groups is 2. The van der Waals surface area contributed by atoms with E-state index >= 15 is 0 Å². The summed E-state index contributed by atoms with van der Waals surface area (Å²) >= 11 is 0. The van der Waals surface area contributed by atoms with Gasteiger partial charge in [-0.2, -0.15) is 0 Å². The zero-order chi connectivity index (χ0) is 14.2. The summed E-state index contributed by atoms with van der Waals surface area (Å²) in [6, 6.07) is -0.610. The third-order valence-corrected chi connectivity index (χ3v) is 3.55. The van der Waals surface area contributed by atoms with Crippen LogP contribution in [0, 0.1) is 0 Å². The Hall–Kier alpha value is -1.30. The molecule has 3 fully saturated rings. The summed E-state index contributed by atoms with van der Waals surface area (Å²) in [5.41, 5.74) is -0.568. The topological polar surface area (TPSA) is 67.9 Å². The molecule has 0 aromatic heterocycles. The van der Waals surface area contributed by atoms with E-state index < -0.39 is 17.7 Å². The molecule has 6 heteroatoms. The number of piperidine rings is 2. The van der Waals surface area contributed by atoms with Gasteiger partial charge >= 0.3 is 12.1 Å². The first kappa shape index (κ1) is 14.1. The highest BCUT2D eigenvalue weighted by molar-refractivity contribution is 5.83. The molecule has 0 radical (unpaired) electrons. The van der Waals surface area contributed by atoms with Crippen LogP contribution in [0.1, 0.15) is 33.6 Å². The standard InChI is InChI=1S/C13H22N2O4/c1-13(2,3)19-12(17)15-8-5-6-9(14-7-8)10(15)11(16)18-4/h8-10,14H,5-7H2,1-4H3. The minimum absolute atomic E-state index is 0.00366. The minimum atomic E-state index is -0.577. The second-order valence-corrected chi connectivity index (χ2v) is 6.10. The highest BCUT2D eigenvalue weighted by Gasteiger charge is 2.49. The van der Waals surface area contributed by atoms with Crippen LogP contribution in [-0.2, 0) is 14.3 Å². The number of nitrogens with one attached hydrogen (secondary N) is 1. The van der Waals surface area contributed by atoms with E-state index in [1.807, 2.05) is 20.8 Å². The predicted octanol–water partition coefficient (Wildman–Crippen LogP) is 0.899. The van der Waals surface area contributed by atoms with E-state index in [2.05, 4.69) is 5.32 Å². The van der Waals surface area contributed by atoms with E-state index in [9.17, 15) is 9.59 Å². The molecule has 3 heterocycles. The molecule has 3 rings (SSSR count).